The minimum Gasteiger partial charge on any atom is -0.489 e. The summed E-state index contributed by atoms with van der Waals surface area (Å²) in [5.74, 6) is 0.318. The van der Waals surface area contributed by atoms with E-state index in [-0.39, 0.29) is 18.5 Å². The monoisotopic (exact) mass is 279 g/mol. The van der Waals surface area contributed by atoms with Crippen LogP contribution in [0, 0.1) is 5.82 Å². The van der Waals surface area contributed by atoms with Gasteiger partial charge in [0.1, 0.15) is 18.2 Å². The molecule has 2 nitrogen and oxygen atoms in total. The highest BCUT2D eigenvalue weighted by Gasteiger charge is 2.04. The molecule has 0 radical (unpaired) electrons. The summed E-state index contributed by atoms with van der Waals surface area (Å²) in [7, 11) is 0. The van der Waals surface area contributed by atoms with Gasteiger partial charge in [-0.05, 0) is 36.8 Å². The molecule has 19 heavy (non-hydrogen) atoms. The zero-order valence-corrected chi connectivity index (χ0v) is 11.3. The van der Waals surface area contributed by atoms with Crippen molar-refractivity contribution in [3.63, 3.8) is 0 Å². The lowest BCUT2D eigenvalue weighted by atomic mass is 10.1. The highest BCUT2D eigenvalue weighted by atomic mass is 35.5. The van der Waals surface area contributed by atoms with Crippen molar-refractivity contribution in [2.24, 2.45) is 5.73 Å². The summed E-state index contributed by atoms with van der Waals surface area (Å²) in [5.41, 5.74) is 7.27. The number of hydrogen-bond acceptors (Lipinski definition) is 2. The molecule has 0 heterocycles. The van der Waals surface area contributed by atoms with Crippen LogP contribution in [0.2, 0.25) is 5.02 Å². The third-order valence-electron chi connectivity index (χ3n) is 2.82. The lowest BCUT2D eigenvalue weighted by Gasteiger charge is -2.09. The zero-order valence-electron chi connectivity index (χ0n) is 10.6. The summed E-state index contributed by atoms with van der Waals surface area (Å²) in [6, 6.07) is 12.0. The van der Waals surface area contributed by atoms with Crippen LogP contribution in [-0.2, 0) is 6.61 Å². The molecule has 1 atom stereocenters. The molecule has 2 N–H and O–H groups in total. The Morgan fingerprint density at radius 3 is 2.47 bits per heavy atom. The highest BCUT2D eigenvalue weighted by molar-refractivity contribution is 6.30. The van der Waals surface area contributed by atoms with Gasteiger partial charge in [-0.3, -0.25) is 0 Å². The number of ether oxygens (including phenoxy) is 1. The van der Waals surface area contributed by atoms with E-state index in [4.69, 9.17) is 22.1 Å². The van der Waals surface area contributed by atoms with Gasteiger partial charge in [0.05, 0.1) is 0 Å². The Hall–Kier alpha value is -1.58. The van der Waals surface area contributed by atoms with Crippen LogP contribution in [0.1, 0.15) is 24.1 Å². The van der Waals surface area contributed by atoms with Gasteiger partial charge in [-0.1, -0.05) is 29.8 Å². The normalized spacial score (nSPS) is 12.2. The van der Waals surface area contributed by atoms with Crippen LogP contribution in [0.4, 0.5) is 4.39 Å². The minimum atomic E-state index is -0.361. The lowest BCUT2D eigenvalue weighted by molar-refractivity contribution is 0.300. The molecule has 0 saturated heterocycles. The Kier molecular flexibility index (Phi) is 4.40. The van der Waals surface area contributed by atoms with Crippen molar-refractivity contribution in [3.8, 4) is 5.75 Å². The Morgan fingerprint density at radius 2 is 1.89 bits per heavy atom. The topological polar surface area (TPSA) is 35.2 Å². The summed E-state index contributed by atoms with van der Waals surface area (Å²) in [6.07, 6.45) is 0. The van der Waals surface area contributed by atoms with Gasteiger partial charge in [0.25, 0.3) is 0 Å². The van der Waals surface area contributed by atoms with Gasteiger partial charge >= 0.3 is 0 Å². The van der Waals surface area contributed by atoms with Crippen LogP contribution in [0.15, 0.2) is 42.5 Å². The molecule has 0 aliphatic heterocycles. The number of rotatable bonds is 4. The summed E-state index contributed by atoms with van der Waals surface area (Å²) in [5, 5.41) is 0.377. The van der Waals surface area contributed by atoms with E-state index in [2.05, 4.69) is 0 Å². The lowest BCUT2D eigenvalue weighted by Crippen LogP contribution is -2.04. The molecule has 0 spiro atoms. The van der Waals surface area contributed by atoms with Crippen molar-refractivity contribution >= 4 is 11.6 Å². The summed E-state index contributed by atoms with van der Waals surface area (Å²) < 4.78 is 19.1. The molecule has 2 aromatic carbocycles. The van der Waals surface area contributed by atoms with Crippen LogP contribution in [-0.4, -0.2) is 0 Å². The predicted octanol–water partition coefficient (Wildman–Crippen LogP) is 4.08. The fraction of sp³-hybridized carbons (Fsp3) is 0.200. The average molecular weight is 280 g/mol. The van der Waals surface area contributed by atoms with Gasteiger partial charge in [-0.2, -0.15) is 0 Å². The molecule has 100 valence electrons. The van der Waals surface area contributed by atoms with E-state index in [1.807, 2.05) is 31.2 Å². The predicted molar refractivity (Wildman–Crippen MR) is 74.8 cm³/mol. The van der Waals surface area contributed by atoms with Crippen LogP contribution < -0.4 is 10.5 Å². The summed E-state index contributed by atoms with van der Waals surface area (Å²) in [6.45, 7) is 2.08. The largest absolute Gasteiger partial charge is 0.489 e. The highest BCUT2D eigenvalue weighted by Crippen LogP contribution is 2.19. The Labute approximate surface area is 117 Å². The first-order valence-corrected chi connectivity index (χ1v) is 6.36. The first-order chi connectivity index (χ1) is 9.06. The second-order valence-corrected chi connectivity index (χ2v) is 4.82. The maximum absolute atomic E-state index is 13.5. The van der Waals surface area contributed by atoms with Crippen molar-refractivity contribution in [2.75, 3.05) is 0 Å². The number of benzene rings is 2. The van der Waals surface area contributed by atoms with Crippen molar-refractivity contribution in [1.82, 2.24) is 0 Å². The molecule has 0 aromatic heterocycles. The van der Waals surface area contributed by atoms with Crippen LogP contribution in [0.25, 0.3) is 0 Å². The van der Waals surface area contributed by atoms with Crippen molar-refractivity contribution < 1.29 is 9.13 Å². The zero-order chi connectivity index (χ0) is 13.8. The van der Waals surface area contributed by atoms with E-state index in [0.717, 1.165) is 5.56 Å². The Bertz CT molecular complexity index is 555. The molecule has 0 saturated carbocycles. The van der Waals surface area contributed by atoms with Crippen molar-refractivity contribution in [2.45, 2.75) is 19.6 Å². The smallest absolute Gasteiger partial charge is 0.131 e. The van der Waals surface area contributed by atoms with E-state index in [1.165, 1.54) is 6.07 Å². The average Bonchev–Trinajstić information content (AvgIpc) is 2.38. The van der Waals surface area contributed by atoms with Crippen LogP contribution >= 0.6 is 11.6 Å². The maximum Gasteiger partial charge on any atom is 0.131 e. The fourth-order valence-electron chi connectivity index (χ4n) is 1.67. The summed E-state index contributed by atoms with van der Waals surface area (Å²) >= 11 is 5.69. The molecule has 0 bridgehead atoms. The Morgan fingerprint density at radius 1 is 1.21 bits per heavy atom. The third-order valence-corrected chi connectivity index (χ3v) is 3.05. The molecule has 0 fully saturated rings. The van der Waals surface area contributed by atoms with Gasteiger partial charge in [0, 0.05) is 16.6 Å². The first kappa shape index (κ1) is 13.8. The van der Waals surface area contributed by atoms with Crippen LogP contribution in [0.3, 0.4) is 0 Å². The molecular formula is C15H15ClFNO. The van der Waals surface area contributed by atoms with E-state index in [9.17, 15) is 4.39 Å². The second kappa shape index (κ2) is 6.04. The molecular weight excluding hydrogens is 265 g/mol. The number of hydrogen-bond donors (Lipinski definition) is 1. The molecule has 0 aliphatic carbocycles. The standard InChI is InChI=1S/C15H15ClFNO/c1-10(18)11-3-6-14(7-4-11)19-9-12-2-5-13(16)8-15(12)17/h2-8,10H,9,18H2,1H3. The third kappa shape index (κ3) is 3.69. The van der Waals surface area contributed by atoms with E-state index in [0.29, 0.717) is 16.3 Å². The summed E-state index contributed by atoms with van der Waals surface area (Å²) in [4.78, 5) is 0. The van der Waals surface area contributed by atoms with Crippen LogP contribution in [0.5, 0.6) is 5.75 Å². The van der Waals surface area contributed by atoms with Gasteiger partial charge in [0.2, 0.25) is 0 Å². The molecule has 4 heteroatoms. The molecule has 0 aliphatic rings. The number of nitrogens with two attached hydrogens (primary N) is 1. The Balaban J connectivity index is 2.02. The van der Waals surface area contributed by atoms with Gasteiger partial charge in [-0.15, -0.1) is 0 Å². The van der Waals surface area contributed by atoms with Gasteiger partial charge in [-0.25, -0.2) is 4.39 Å². The first-order valence-electron chi connectivity index (χ1n) is 5.98. The molecule has 1 unspecified atom stereocenters. The molecule has 2 aromatic rings. The van der Waals surface area contributed by atoms with Gasteiger partial charge < -0.3 is 10.5 Å². The maximum atomic E-state index is 13.5. The minimum absolute atomic E-state index is 0.0113. The SMILES string of the molecule is CC(N)c1ccc(OCc2ccc(Cl)cc2F)cc1. The van der Waals surface area contributed by atoms with Crippen molar-refractivity contribution in [3.05, 3.63) is 64.4 Å². The fourth-order valence-corrected chi connectivity index (χ4v) is 1.83. The number of halogens is 2. The van der Waals surface area contributed by atoms with E-state index >= 15 is 0 Å². The molecule has 0 amide bonds. The molecule has 2 rings (SSSR count). The van der Waals surface area contributed by atoms with Gasteiger partial charge in [0.15, 0.2) is 0 Å². The second-order valence-electron chi connectivity index (χ2n) is 4.38. The van der Waals surface area contributed by atoms with E-state index in [1.54, 1.807) is 12.1 Å². The quantitative estimate of drug-likeness (QED) is 0.915. The van der Waals surface area contributed by atoms with E-state index < -0.39 is 0 Å². The van der Waals surface area contributed by atoms with Crippen molar-refractivity contribution in [1.29, 1.82) is 0 Å².